The fourth-order valence-corrected chi connectivity index (χ4v) is 2.98. The van der Waals surface area contributed by atoms with Crippen LogP contribution in [-0.2, 0) is 32.3 Å². The molecule has 0 saturated heterocycles. The van der Waals surface area contributed by atoms with Crippen LogP contribution in [0.5, 0.6) is 0 Å². The predicted molar refractivity (Wildman–Crippen MR) is 117 cm³/mol. The number of aromatic nitrogens is 1. The summed E-state index contributed by atoms with van der Waals surface area (Å²) in [5.74, 6) is -1.08. The van der Waals surface area contributed by atoms with Crippen LogP contribution in [0.2, 0.25) is 0 Å². The van der Waals surface area contributed by atoms with E-state index in [0.717, 1.165) is 5.56 Å². The zero-order chi connectivity index (χ0) is 25.0. The van der Waals surface area contributed by atoms with Crippen molar-refractivity contribution in [1.82, 2.24) is 10.6 Å². The predicted octanol–water partition coefficient (Wildman–Crippen LogP) is 1.16. The van der Waals surface area contributed by atoms with Crippen LogP contribution < -0.4 is 15.2 Å². The van der Waals surface area contributed by atoms with Gasteiger partial charge in [-0.25, -0.2) is 9.59 Å². The van der Waals surface area contributed by atoms with E-state index in [-0.39, 0.29) is 38.5 Å². The van der Waals surface area contributed by atoms with Gasteiger partial charge in [0.15, 0.2) is 12.4 Å². The number of carbonyl (C=O) groups is 3. The molecule has 0 aliphatic carbocycles. The zero-order valence-electron chi connectivity index (χ0n) is 18.9. The topological polar surface area (TPSA) is 150 Å². The van der Waals surface area contributed by atoms with Gasteiger partial charge < -0.3 is 24.9 Å². The second kappa shape index (κ2) is 12.7. The molecule has 2 amide bonds. The Morgan fingerprint density at radius 3 is 2.53 bits per heavy atom. The maximum atomic E-state index is 12.6. The first-order chi connectivity index (χ1) is 16.2. The maximum absolute atomic E-state index is 12.6. The Balaban J connectivity index is 1.96. The highest BCUT2D eigenvalue weighted by atomic mass is 16.9. The lowest BCUT2D eigenvalue weighted by Gasteiger charge is -2.27. The Bertz CT molecular complexity index is 1000. The van der Waals surface area contributed by atoms with Gasteiger partial charge in [0, 0.05) is 19.0 Å². The lowest BCUT2D eigenvalue weighted by molar-refractivity contribution is -0.757. The molecule has 0 aliphatic heterocycles. The van der Waals surface area contributed by atoms with Gasteiger partial charge >= 0.3 is 12.1 Å². The lowest BCUT2D eigenvalue weighted by Crippen LogP contribution is -2.55. The third-order valence-electron chi connectivity index (χ3n) is 4.55. The van der Waals surface area contributed by atoms with Gasteiger partial charge in [0.2, 0.25) is 0 Å². The van der Waals surface area contributed by atoms with Gasteiger partial charge in [0.25, 0.3) is 17.7 Å². The SMILES string of the molecule is CCOC(=O)C(C)(Cc1ccccc1)NC(=O)OC[n+]1cccc(C(=O)NCCO[N+](=O)[O-])c1. The molecule has 2 rings (SSSR count). The van der Waals surface area contributed by atoms with Crippen LogP contribution in [-0.4, -0.2) is 48.4 Å². The Kier molecular flexibility index (Phi) is 9.74. The van der Waals surface area contributed by atoms with E-state index < -0.39 is 28.6 Å². The molecule has 2 N–H and O–H groups in total. The average Bonchev–Trinajstić information content (AvgIpc) is 2.81. The highest BCUT2D eigenvalue weighted by Gasteiger charge is 2.37. The van der Waals surface area contributed by atoms with E-state index in [1.807, 2.05) is 30.3 Å². The molecule has 0 saturated carbocycles. The number of benzene rings is 1. The molecular formula is C22H27N4O8+. The number of hydrogen-bond donors (Lipinski definition) is 2. The van der Waals surface area contributed by atoms with Crippen molar-refractivity contribution >= 4 is 18.0 Å². The van der Waals surface area contributed by atoms with Crippen molar-refractivity contribution in [3.8, 4) is 0 Å². The van der Waals surface area contributed by atoms with Crippen LogP contribution in [0.25, 0.3) is 0 Å². The summed E-state index contributed by atoms with van der Waals surface area (Å²) >= 11 is 0. The summed E-state index contributed by atoms with van der Waals surface area (Å²) in [4.78, 5) is 51.4. The first kappa shape index (κ1) is 26.0. The van der Waals surface area contributed by atoms with Crippen LogP contribution in [0.4, 0.5) is 4.79 Å². The molecule has 0 radical (unpaired) electrons. The smallest absolute Gasteiger partial charge is 0.412 e. The first-order valence-corrected chi connectivity index (χ1v) is 10.4. The minimum Gasteiger partial charge on any atom is -0.464 e. The molecule has 1 aromatic carbocycles. The molecule has 2 aromatic rings. The van der Waals surface area contributed by atoms with E-state index in [0.29, 0.717) is 0 Å². The lowest BCUT2D eigenvalue weighted by atomic mass is 9.93. The van der Waals surface area contributed by atoms with Crippen molar-refractivity contribution in [2.45, 2.75) is 32.5 Å². The standard InChI is InChI=1S/C22H26N4O8/c1-3-32-20(28)22(2,14-17-8-5-4-6-9-17)24-21(29)33-16-25-12-7-10-18(15-25)19(27)23-11-13-34-26(30)31/h4-10,12,15H,3,11,13-14,16H2,1-2H3,(H-,23,24,27,29)/p+1. The third kappa shape index (κ3) is 8.37. The minimum atomic E-state index is -1.35. The van der Waals surface area contributed by atoms with Crippen LogP contribution in [0.3, 0.4) is 0 Å². The van der Waals surface area contributed by atoms with Gasteiger partial charge in [0.1, 0.15) is 17.7 Å². The first-order valence-electron chi connectivity index (χ1n) is 10.4. The van der Waals surface area contributed by atoms with Crippen molar-refractivity contribution < 1.29 is 38.3 Å². The Hall–Kier alpha value is -4.22. The summed E-state index contributed by atoms with van der Waals surface area (Å²) in [6, 6.07) is 12.3. The summed E-state index contributed by atoms with van der Waals surface area (Å²) < 4.78 is 11.8. The van der Waals surface area contributed by atoms with E-state index >= 15 is 0 Å². The molecule has 0 aliphatic rings. The normalized spacial score (nSPS) is 12.1. The summed E-state index contributed by atoms with van der Waals surface area (Å²) in [5.41, 5.74) is -0.282. The van der Waals surface area contributed by atoms with E-state index in [4.69, 9.17) is 9.47 Å². The Morgan fingerprint density at radius 1 is 1.12 bits per heavy atom. The molecular weight excluding hydrogens is 448 g/mol. The number of nitrogens with zero attached hydrogens (tertiary/aromatic N) is 2. The Labute approximate surface area is 195 Å². The average molecular weight is 475 g/mol. The molecule has 34 heavy (non-hydrogen) atoms. The number of pyridine rings is 1. The summed E-state index contributed by atoms with van der Waals surface area (Å²) in [7, 11) is 0. The second-order valence-electron chi connectivity index (χ2n) is 7.32. The number of ether oxygens (including phenoxy) is 2. The van der Waals surface area contributed by atoms with E-state index in [1.54, 1.807) is 26.1 Å². The summed E-state index contributed by atoms with van der Waals surface area (Å²) in [5, 5.41) is 14.2. The van der Waals surface area contributed by atoms with E-state index in [1.165, 1.54) is 16.8 Å². The van der Waals surface area contributed by atoms with Gasteiger partial charge in [-0.1, -0.05) is 30.3 Å². The van der Waals surface area contributed by atoms with Crippen LogP contribution >= 0.6 is 0 Å². The highest BCUT2D eigenvalue weighted by Crippen LogP contribution is 2.16. The van der Waals surface area contributed by atoms with Crippen molar-refractivity contribution in [1.29, 1.82) is 0 Å². The Morgan fingerprint density at radius 2 is 1.85 bits per heavy atom. The number of hydrogen-bond acceptors (Lipinski definition) is 8. The zero-order valence-corrected chi connectivity index (χ0v) is 18.9. The van der Waals surface area contributed by atoms with E-state index in [2.05, 4.69) is 15.5 Å². The molecule has 1 unspecified atom stereocenters. The van der Waals surface area contributed by atoms with Gasteiger partial charge in [0.05, 0.1) is 6.61 Å². The molecule has 1 atom stereocenters. The van der Waals surface area contributed by atoms with Crippen molar-refractivity contribution in [2.75, 3.05) is 19.8 Å². The molecule has 12 nitrogen and oxygen atoms in total. The van der Waals surface area contributed by atoms with Crippen molar-refractivity contribution in [2.24, 2.45) is 0 Å². The summed E-state index contributed by atoms with van der Waals surface area (Å²) in [6.45, 7) is 2.82. The molecule has 0 fully saturated rings. The van der Waals surface area contributed by atoms with Crippen LogP contribution in [0.1, 0.15) is 29.8 Å². The molecule has 0 bridgehead atoms. The fourth-order valence-electron chi connectivity index (χ4n) is 2.98. The van der Waals surface area contributed by atoms with Gasteiger partial charge in [-0.05, 0) is 25.5 Å². The van der Waals surface area contributed by atoms with Crippen molar-refractivity contribution in [3.05, 3.63) is 76.1 Å². The van der Waals surface area contributed by atoms with E-state index in [9.17, 15) is 24.5 Å². The molecule has 0 spiro atoms. The van der Waals surface area contributed by atoms with Crippen LogP contribution in [0, 0.1) is 10.1 Å². The largest absolute Gasteiger partial charge is 0.464 e. The number of alkyl carbamates (subject to hydrolysis) is 1. The third-order valence-corrected chi connectivity index (χ3v) is 4.55. The van der Waals surface area contributed by atoms with Gasteiger partial charge in [-0.2, -0.15) is 4.57 Å². The monoisotopic (exact) mass is 475 g/mol. The molecule has 1 aromatic heterocycles. The van der Waals surface area contributed by atoms with Crippen molar-refractivity contribution in [3.63, 3.8) is 0 Å². The maximum Gasteiger partial charge on any atom is 0.412 e. The number of amides is 2. The quantitative estimate of drug-likeness (QED) is 0.153. The second-order valence-corrected chi connectivity index (χ2v) is 7.32. The van der Waals surface area contributed by atoms with Gasteiger partial charge in [-0.3, -0.25) is 4.79 Å². The number of nitrogens with one attached hydrogen (secondary N) is 2. The number of carbonyl (C=O) groups excluding carboxylic acids is 3. The number of rotatable bonds is 12. The fraction of sp³-hybridized carbons (Fsp3) is 0.364. The summed E-state index contributed by atoms with van der Waals surface area (Å²) in [6.07, 6.45) is 2.37. The molecule has 1 heterocycles. The molecule has 12 heteroatoms. The highest BCUT2D eigenvalue weighted by molar-refractivity contribution is 5.93. The van der Waals surface area contributed by atoms with Gasteiger partial charge in [-0.15, -0.1) is 10.1 Å². The molecule has 182 valence electrons. The van der Waals surface area contributed by atoms with Crippen LogP contribution in [0.15, 0.2) is 54.9 Å². The number of esters is 1. The minimum absolute atomic E-state index is 0.0541.